The maximum Gasteiger partial charge on any atom is 0.469 e. The maximum atomic E-state index is 12.7. The maximum absolute atomic E-state index is 12.7. The van der Waals surface area contributed by atoms with Crippen LogP contribution in [-0.4, -0.2) is 71.5 Å². The van der Waals surface area contributed by atoms with E-state index in [0.717, 1.165) is 5.56 Å². The van der Waals surface area contributed by atoms with Crippen LogP contribution in [0.5, 0.6) is 0 Å². The second-order valence-corrected chi connectivity index (χ2v) is 10.6. The number of amides is 1. The average Bonchev–Trinajstić information content (AvgIpc) is 3.50. The normalized spacial score (nSPS) is 22.7. The number of benzene rings is 2. The van der Waals surface area contributed by atoms with Gasteiger partial charge in [-0.1, -0.05) is 48.5 Å². The van der Waals surface area contributed by atoms with Gasteiger partial charge in [0, 0.05) is 5.56 Å². The molecule has 41 heavy (non-hydrogen) atoms. The second-order valence-electron chi connectivity index (χ2n) is 9.40. The third-order valence-corrected chi connectivity index (χ3v) is 7.07. The minimum atomic E-state index is -4.85. The molecular formula is C26H28N5O9P. The number of aliphatic hydroxyl groups is 1. The molecule has 3 heterocycles. The predicted octanol–water partition coefficient (Wildman–Crippen LogP) is 2.40. The molecular weight excluding hydrogens is 557 g/mol. The number of rotatable bonds is 11. The number of hydrogen-bond acceptors (Lipinski definition) is 10. The molecule has 4 aromatic rings. The van der Waals surface area contributed by atoms with Gasteiger partial charge in [-0.3, -0.25) is 13.9 Å². The number of nitrogens with one attached hydrogen (secondary N) is 1. The zero-order valence-electron chi connectivity index (χ0n) is 21.8. The molecule has 0 aliphatic carbocycles. The van der Waals surface area contributed by atoms with Crippen molar-refractivity contribution in [3.8, 4) is 0 Å². The third kappa shape index (κ3) is 6.50. The molecule has 1 unspecified atom stereocenters. The van der Waals surface area contributed by atoms with Crippen molar-refractivity contribution in [2.24, 2.45) is 0 Å². The molecule has 0 radical (unpaired) electrons. The van der Waals surface area contributed by atoms with Crippen molar-refractivity contribution in [1.82, 2.24) is 19.5 Å². The SMILES string of the molecule is C[C@]1(OCOCc2ccccc2)C(O)[C@@H](COP(=O)(O)O)O[C@H]1n1cnc2c(NC(=O)c3ccccc3)ncnc21. The molecule has 1 aliphatic rings. The zero-order chi connectivity index (χ0) is 29.0. The number of hydrogen-bond donors (Lipinski definition) is 4. The number of fused-ring (bicyclic) bond motifs is 1. The summed E-state index contributed by atoms with van der Waals surface area (Å²) in [6.45, 7) is 0.950. The van der Waals surface area contributed by atoms with Crippen molar-refractivity contribution in [2.45, 2.75) is 37.6 Å². The summed E-state index contributed by atoms with van der Waals surface area (Å²) in [7, 11) is -4.85. The highest BCUT2D eigenvalue weighted by Crippen LogP contribution is 2.44. The summed E-state index contributed by atoms with van der Waals surface area (Å²) in [5.74, 6) is -0.248. The highest BCUT2D eigenvalue weighted by Gasteiger charge is 2.56. The van der Waals surface area contributed by atoms with Crippen molar-refractivity contribution in [3.63, 3.8) is 0 Å². The number of aliphatic hydroxyl groups excluding tert-OH is 1. The summed E-state index contributed by atoms with van der Waals surface area (Å²) < 4.78 is 35.1. The van der Waals surface area contributed by atoms with E-state index in [2.05, 4.69) is 24.8 Å². The van der Waals surface area contributed by atoms with E-state index in [0.29, 0.717) is 5.56 Å². The average molecular weight is 586 g/mol. The Labute approximate surface area is 234 Å². The Morgan fingerprint density at radius 3 is 2.51 bits per heavy atom. The Morgan fingerprint density at radius 1 is 1.10 bits per heavy atom. The van der Waals surface area contributed by atoms with Gasteiger partial charge in [0.2, 0.25) is 0 Å². The van der Waals surface area contributed by atoms with E-state index in [-0.39, 0.29) is 30.4 Å². The molecule has 1 saturated heterocycles. The number of aromatic nitrogens is 4. The molecule has 14 nitrogen and oxygen atoms in total. The first kappa shape index (κ1) is 28.9. The van der Waals surface area contributed by atoms with Crippen molar-refractivity contribution in [1.29, 1.82) is 0 Å². The van der Waals surface area contributed by atoms with E-state index in [1.54, 1.807) is 37.3 Å². The molecule has 0 bridgehead atoms. The van der Waals surface area contributed by atoms with Crippen LogP contribution in [0.3, 0.4) is 0 Å². The second kappa shape index (κ2) is 12.1. The van der Waals surface area contributed by atoms with Gasteiger partial charge in [-0.05, 0) is 24.6 Å². The van der Waals surface area contributed by atoms with Crippen molar-refractivity contribution >= 4 is 30.7 Å². The topological polar surface area (TPSA) is 187 Å². The lowest BCUT2D eigenvalue weighted by atomic mass is 9.96. The van der Waals surface area contributed by atoms with Gasteiger partial charge in [0.25, 0.3) is 5.91 Å². The number of carbonyl (C=O) groups is 1. The molecule has 4 N–H and O–H groups in total. The van der Waals surface area contributed by atoms with Gasteiger partial charge in [0.05, 0.1) is 19.5 Å². The minimum absolute atomic E-state index is 0.149. The first-order chi connectivity index (χ1) is 19.7. The standard InChI is InChI=1S/C26H28N5O9P/c1-26(38-16-37-12-17-8-4-2-5-9-17)21(32)19(13-39-41(34,35)36)40-25(26)31-15-29-20-22(27-14-28-23(20)31)30-24(33)18-10-6-3-7-11-18/h2-11,14-15,19,21,25,32H,12-13,16H2,1H3,(H2,34,35,36)(H,27,28,30,33)/t19-,21?,25-,26+/m1/s1. The van der Waals surface area contributed by atoms with Crippen LogP contribution in [0.15, 0.2) is 73.3 Å². The molecule has 0 spiro atoms. The molecule has 216 valence electrons. The molecule has 1 fully saturated rings. The fourth-order valence-electron chi connectivity index (χ4n) is 4.48. The number of anilines is 1. The van der Waals surface area contributed by atoms with E-state index >= 15 is 0 Å². The van der Waals surface area contributed by atoms with Crippen LogP contribution >= 0.6 is 7.82 Å². The fraction of sp³-hybridized carbons (Fsp3) is 0.308. The Kier molecular flexibility index (Phi) is 8.54. The van der Waals surface area contributed by atoms with E-state index in [4.69, 9.17) is 14.2 Å². The van der Waals surface area contributed by atoms with Gasteiger partial charge in [0.15, 0.2) is 23.2 Å². The van der Waals surface area contributed by atoms with Crippen LogP contribution in [-0.2, 0) is 29.9 Å². The number of nitrogens with zero attached hydrogens (tertiary/aromatic N) is 4. The molecule has 2 aromatic carbocycles. The summed E-state index contributed by atoms with van der Waals surface area (Å²) in [5.41, 5.74) is 0.317. The van der Waals surface area contributed by atoms with Crippen molar-refractivity contribution < 1.29 is 43.0 Å². The lowest BCUT2D eigenvalue weighted by molar-refractivity contribution is -0.196. The lowest BCUT2D eigenvalue weighted by Crippen LogP contribution is -2.47. The molecule has 1 amide bonds. The fourth-order valence-corrected chi connectivity index (χ4v) is 4.82. The Morgan fingerprint density at radius 2 is 1.80 bits per heavy atom. The Bertz CT molecular complexity index is 1530. The largest absolute Gasteiger partial charge is 0.469 e. The summed E-state index contributed by atoms with van der Waals surface area (Å²) in [6, 6.07) is 18.0. The Balaban J connectivity index is 1.40. The summed E-state index contributed by atoms with van der Waals surface area (Å²) in [5, 5.41) is 13.9. The van der Waals surface area contributed by atoms with Gasteiger partial charge in [-0.2, -0.15) is 0 Å². The van der Waals surface area contributed by atoms with E-state index in [1.165, 1.54) is 17.2 Å². The molecule has 0 saturated carbocycles. The van der Waals surface area contributed by atoms with Crippen LogP contribution < -0.4 is 5.32 Å². The molecule has 5 rings (SSSR count). The van der Waals surface area contributed by atoms with Gasteiger partial charge < -0.3 is 34.4 Å². The van der Waals surface area contributed by atoms with Gasteiger partial charge in [0.1, 0.15) is 30.9 Å². The van der Waals surface area contributed by atoms with Crippen LogP contribution in [0.25, 0.3) is 11.2 Å². The number of carbonyl (C=O) groups excluding carboxylic acids is 1. The molecule has 1 aliphatic heterocycles. The van der Waals surface area contributed by atoms with Gasteiger partial charge in [-0.15, -0.1) is 0 Å². The van der Waals surface area contributed by atoms with E-state index < -0.39 is 44.4 Å². The summed E-state index contributed by atoms with van der Waals surface area (Å²) in [6.07, 6.45) is -1.07. The molecule has 4 atom stereocenters. The smallest absolute Gasteiger partial charge is 0.387 e. The van der Waals surface area contributed by atoms with Crippen molar-refractivity contribution in [2.75, 3.05) is 18.7 Å². The summed E-state index contributed by atoms with van der Waals surface area (Å²) >= 11 is 0. The van der Waals surface area contributed by atoms with Gasteiger partial charge >= 0.3 is 7.82 Å². The number of phosphoric ester groups is 1. The van der Waals surface area contributed by atoms with Gasteiger partial charge in [-0.25, -0.2) is 19.5 Å². The molecule has 15 heteroatoms. The highest BCUT2D eigenvalue weighted by atomic mass is 31.2. The van der Waals surface area contributed by atoms with Crippen LogP contribution in [0, 0.1) is 0 Å². The van der Waals surface area contributed by atoms with Crippen molar-refractivity contribution in [3.05, 3.63) is 84.4 Å². The Hall–Kier alpha value is -3.59. The van der Waals surface area contributed by atoms with Crippen LogP contribution in [0.4, 0.5) is 5.82 Å². The zero-order valence-corrected chi connectivity index (χ0v) is 22.7. The van der Waals surface area contributed by atoms with E-state index in [9.17, 15) is 24.3 Å². The lowest BCUT2D eigenvalue weighted by Gasteiger charge is -2.33. The van der Waals surface area contributed by atoms with Crippen LogP contribution in [0.1, 0.15) is 29.1 Å². The first-order valence-electron chi connectivity index (χ1n) is 12.5. The number of imidazole rings is 1. The quantitative estimate of drug-likeness (QED) is 0.115. The monoisotopic (exact) mass is 585 g/mol. The number of phosphoric acid groups is 1. The highest BCUT2D eigenvalue weighted by molar-refractivity contribution is 7.46. The van der Waals surface area contributed by atoms with E-state index in [1.807, 2.05) is 30.3 Å². The number of ether oxygens (including phenoxy) is 3. The minimum Gasteiger partial charge on any atom is -0.387 e. The third-order valence-electron chi connectivity index (χ3n) is 6.58. The summed E-state index contributed by atoms with van der Waals surface area (Å²) in [4.78, 5) is 43.9. The first-order valence-corrected chi connectivity index (χ1v) is 14.0. The van der Waals surface area contributed by atoms with Crippen LogP contribution in [0.2, 0.25) is 0 Å². The molecule has 2 aromatic heterocycles. The predicted molar refractivity (Wildman–Crippen MR) is 143 cm³/mol.